The van der Waals surface area contributed by atoms with Gasteiger partial charge < -0.3 is 0 Å². The first-order valence-corrected chi connectivity index (χ1v) is 7.62. The second-order valence-electron chi connectivity index (χ2n) is 3.65. The van der Waals surface area contributed by atoms with Crippen molar-refractivity contribution in [2.45, 2.75) is 18.2 Å². The van der Waals surface area contributed by atoms with Crippen molar-refractivity contribution in [3.63, 3.8) is 0 Å². The van der Waals surface area contributed by atoms with Crippen LogP contribution in [0.3, 0.4) is 0 Å². The van der Waals surface area contributed by atoms with Gasteiger partial charge in [0.25, 0.3) is 0 Å². The van der Waals surface area contributed by atoms with Gasteiger partial charge in [0.05, 0.1) is 0 Å². The van der Waals surface area contributed by atoms with Crippen LogP contribution in [0.25, 0.3) is 0 Å². The van der Waals surface area contributed by atoms with Crippen LogP contribution in [0.15, 0.2) is 30.3 Å². The quantitative estimate of drug-likeness (QED) is 0.463. The zero-order chi connectivity index (χ0) is 12.5. The van der Waals surface area contributed by atoms with Gasteiger partial charge in [-0.05, 0) is 0 Å². The number of methoxy groups -OCH3 is 1. The zero-order valence-corrected chi connectivity index (χ0v) is 12.0. The van der Waals surface area contributed by atoms with Gasteiger partial charge in [-0.2, -0.15) is 0 Å². The molecule has 0 aliphatic rings. The van der Waals surface area contributed by atoms with Gasteiger partial charge in [0.15, 0.2) is 0 Å². The molecular weight excluding hydrogens is 281 g/mol. The van der Waals surface area contributed by atoms with E-state index in [4.69, 9.17) is 4.74 Å². The first-order valence-electron chi connectivity index (χ1n) is 5.78. The number of hydrogen-bond donors (Lipinski definition) is 1. The summed E-state index contributed by atoms with van der Waals surface area (Å²) in [5, 5.41) is 3.29. The van der Waals surface area contributed by atoms with Crippen molar-refractivity contribution >= 4 is 25.4 Å². The number of rotatable bonds is 7. The normalized spacial score (nSPS) is 12.1. The molecule has 0 saturated carbocycles. The fourth-order valence-electron chi connectivity index (χ4n) is 1.38. The summed E-state index contributed by atoms with van der Waals surface area (Å²) < 4.78 is 6.08. The molecule has 0 unspecified atom stereocenters. The summed E-state index contributed by atoms with van der Waals surface area (Å²) in [6.45, 7) is 3.76. The number of ether oxygens (including phenoxy) is 1. The van der Waals surface area contributed by atoms with Gasteiger partial charge in [-0.25, -0.2) is 0 Å². The molecule has 4 heteroatoms. The van der Waals surface area contributed by atoms with Crippen LogP contribution in [0.2, 0.25) is 4.82 Å². The van der Waals surface area contributed by atoms with E-state index in [-0.39, 0.29) is 25.7 Å². The third-order valence-electron chi connectivity index (χ3n) is 2.24. The number of benzene rings is 1. The van der Waals surface area contributed by atoms with Gasteiger partial charge in [0.1, 0.15) is 0 Å². The van der Waals surface area contributed by atoms with Gasteiger partial charge in [-0.15, -0.1) is 0 Å². The number of carbonyl (C=O) groups is 1. The zero-order valence-electron chi connectivity index (χ0n) is 10.3. The second-order valence-corrected chi connectivity index (χ2v) is 6.32. The van der Waals surface area contributed by atoms with E-state index >= 15 is 0 Å². The van der Waals surface area contributed by atoms with E-state index < -0.39 is 0 Å². The molecule has 0 saturated heterocycles. The van der Waals surface area contributed by atoms with Gasteiger partial charge in [-0.1, -0.05) is 0 Å². The minimum absolute atomic E-state index is 0.0403. The average Bonchev–Trinajstić information content (AvgIpc) is 2.38. The average molecular weight is 300 g/mol. The molecule has 3 nitrogen and oxygen atoms in total. The third kappa shape index (κ3) is 5.35. The van der Waals surface area contributed by atoms with Crippen LogP contribution in [0.1, 0.15) is 13.3 Å². The van der Waals surface area contributed by atoms with E-state index in [1.807, 2.05) is 18.2 Å². The van der Waals surface area contributed by atoms with Gasteiger partial charge in [0.2, 0.25) is 0 Å². The van der Waals surface area contributed by atoms with E-state index in [1.54, 1.807) is 0 Å². The standard InChI is InChI=1S/C13H19NO2Se/c1-3-9-14-10-12(13(15)16-2)17-11-7-5-4-6-8-11/h4-8,12,14H,3,9-10H2,1-2H3/t12-/m1/s1. The van der Waals surface area contributed by atoms with Crippen molar-refractivity contribution in [1.82, 2.24) is 5.32 Å². The minimum atomic E-state index is -0.113. The molecule has 94 valence electrons. The number of hydrogen-bond acceptors (Lipinski definition) is 3. The molecule has 0 aliphatic heterocycles. The molecular formula is C13H19NO2Se. The Kier molecular flexibility index (Phi) is 6.94. The number of esters is 1. The Bertz CT molecular complexity index is 329. The fourth-order valence-corrected chi connectivity index (χ4v) is 3.55. The molecule has 0 aliphatic carbocycles. The first-order chi connectivity index (χ1) is 8.27. The maximum absolute atomic E-state index is 11.7. The Labute approximate surface area is 109 Å². The molecule has 0 bridgehead atoms. The Morgan fingerprint density at radius 2 is 2.12 bits per heavy atom. The predicted octanol–water partition coefficient (Wildman–Crippen LogP) is 0.977. The van der Waals surface area contributed by atoms with Crippen LogP contribution in [-0.4, -0.2) is 41.1 Å². The molecule has 0 amide bonds. The molecule has 0 fully saturated rings. The number of carbonyl (C=O) groups excluding carboxylic acids is 1. The Hall–Kier alpha value is -0.831. The molecule has 0 spiro atoms. The topological polar surface area (TPSA) is 38.3 Å². The summed E-state index contributed by atoms with van der Waals surface area (Å²) in [6, 6.07) is 10.1. The summed E-state index contributed by atoms with van der Waals surface area (Å²) in [4.78, 5) is 11.6. The molecule has 0 heterocycles. The Balaban J connectivity index is 2.54. The summed E-state index contributed by atoms with van der Waals surface area (Å²) in [7, 11) is 1.45. The second kappa shape index (κ2) is 8.29. The fraction of sp³-hybridized carbons (Fsp3) is 0.462. The summed E-state index contributed by atoms with van der Waals surface area (Å²) in [6.07, 6.45) is 1.08. The van der Waals surface area contributed by atoms with Crippen molar-refractivity contribution in [2.75, 3.05) is 20.2 Å². The van der Waals surface area contributed by atoms with Crippen LogP contribution >= 0.6 is 0 Å². The first kappa shape index (κ1) is 14.2. The van der Waals surface area contributed by atoms with Crippen LogP contribution in [0, 0.1) is 0 Å². The SMILES string of the molecule is CCCNC[C@@H]([Se]c1ccccc1)C(=O)OC. The summed E-state index contributed by atoms with van der Waals surface area (Å²) >= 11 is 0.120. The van der Waals surface area contributed by atoms with Crippen LogP contribution in [-0.2, 0) is 9.53 Å². The van der Waals surface area contributed by atoms with E-state index in [0.717, 1.165) is 13.0 Å². The molecule has 1 N–H and O–H groups in total. The maximum atomic E-state index is 11.7. The molecule has 0 radical (unpaired) electrons. The van der Waals surface area contributed by atoms with Crippen molar-refractivity contribution < 1.29 is 9.53 Å². The molecule has 1 aromatic rings. The van der Waals surface area contributed by atoms with Crippen molar-refractivity contribution in [3.05, 3.63) is 30.3 Å². The van der Waals surface area contributed by atoms with E-state index in [0.29, 0.717) is 6.54 Å². The van der Waals surface area contributed by atoms with E-state index in [2.05, 4.69) is 24.4 Å². The van der Waals surface area contributed by atoms with E-state index in [9.17, 15) is 4.79 Å². The van der Waals surface area contributed by atoms with Crippen LogP contribution < -0.4 is 9.78 Å². The molecule has 1 rings (SSSR count). The molecule has 17 heavy (non-hydrogen) atoms. The van der Waals surface area contributed by atoms with Gasteiger partial charge >= 0.3 is 109 Å². The van der Waals surface area contributed by atoms with Gasteiger partial charge in [-0.3, -0.25) is 0 Å². The number of nitrogens with one attached hydrogen (secondary N) is 1. The van der Waals surface area contributed by atoms with Gasteiger partial charge in [0, 0.05) is 0 Å². The predicted molar refractivity (Wildman–Crippen MR) is 70.8 cm³/mol. The molecule has 1 aromatic carbocycles. The van der Waals surface area contributed by atoms with Crippen LogP contribution in [0.4, 0.5) is 0 Å². The molecule has 1 atom stereocenters. The summed E-state index contributed by atoms with van der Waals surface area (Å²) in [5.41, 5.74) is 0. The van der Waals surface area contributed by atoms with Crippen molar-refractivity contribution in [3.8, 4) is 0 Å². The van der Waals surface area contributed by atoms with Crippen molar-refractivity contribution in [2.24, 2.45) is 0 Å². The third-order valence-corrected chi connectivity index (χ3v) is 4.73. The van der Waals surface area contributed by atoms with Crippen LogP contribution in [0.5, 0.6) is 0 Å². The Morgan fingerprint density at radius 1 is 1.41 bits per heavy atom. The molecule has 0 aromatic heterocycles. The Morgan fingerprint density at radius 3 is 2.71 bits per heavy atom. The summed E-state index contributed by atoms with van der Waals surface area (Å²) in [5.74, 6) is -0.113. The monoisotopic (exact) mass is 301 g/mol. The van der Waals surface area contributed by atoms with Crippen molar-refractivity contribution in [1.29, 1.82) is 0 Å². The van der Waals surface area contributed by atoms with E-state index in [1.165, 1.54) is 11.6 Å².